The van der Waals surface area contributed by atoms with E-state index in [9.17, 15) is 33.7 Å². The zero-order valence-corrected chi connectivity index (χ0v) is 42.0. The molecule has 22 heteroatoms. The Bertz CT molecular complexity index is 3530. The van der Waals surface area contributed by atoms with Gasteiger partial charge in [0.05, 0.1) is 34.3 Å². The number of aryl methyl sites for hydroxylation is 4. The van der Waals surface area contributed by atoms with Crippen LogP contribution in [-0.2, 0) is 30.9 Å². The van der Waals surface area contributed by atoms with Gasteiger partial charge < -0.3 is 21.1 Å². The number of anilines is 2. The van der Waals surface area contributed by atoms with Gasteiger partial charge in [-0.25, -0.2) is 23.5 Å². The molecule has 380 valence electrons. The zero-order valence-electron chi connectivity index (χ0n) is 40.5. The molecule has 0 bridgehead atoms. The summed E-state index contributed by atoms with van der Waals surface area (Å²) in [5, 5.41) is 37.4. The van der Waals surface area contributed by atoms with Crippen LogP contribution in [0.2, 0.25) is 10.0 Å². The fourth-order valence-corrected chi connectivity index (χ4v) is 8.15. The molecule has 0 saturated carbocycles. The summed E-state index contributed by atoms with van der Waals surface area (Å²) in [7, 11) is 0. The SMILES string of the molecule is C.Cc1cc(N)nc(C)c1CNC(=O)c1cn(Cc2cc(F)c3ncc(Cl)cc3c2)nc1C#N.Cc1cc(NC(=O)OC(C)(C)C)nc(C)c1CNC(=O)c1cn(Cc2cc(F)c3ncc(Cl)cc3c2)nc1C#N. The number of nitrogens with two attached hydrogens (primary N) is 1. The van der Waals surface area contributed by atoms with Crippen LogP contribution in [0.1, 0.15) is 105 Å². The average Bonchev–Trinajstić information content (AvgIpc) is 3.91. The van der Waals surface area contributed by atoms with Crippen molar-refractivity contribution in [3.8, 4) is 12.1 Å². The Labute approximate surface area is 434 Å². The van der Waals surface area contributed by atoms with Crippen LogP contribution in [-0.4, -0.2) is 63.0 Å². The van der Waals surface area contributed by atoms with Gasteiger partial charge in [0.15, 0.2) is 11.4 Å². The maximum Gasteiger partial charge on any atom is 0.413 e. The van der Waals surface area contributed by atoms with Crippen LogP contribution in [0.15, 0.2) is 73.3 Å². The zero-order chi connectivity index (χ0) is 52.9. The van der Waals surface area contributed by atoms with Crippen molar-refractivity contribution in [2.45, 2.75) is 87.7 Å². The largest absolute Gasteiger partial charge is 0.444 e. The number of carbonyl (C=O) groups is 3. The summed E-state index contributed by atoms with van der Waals surface area (Å²) in [6.07, 6.45) is 5.05. The van der Waals surface area contributed by atoms with E-state index < -0.39 is 35.1 Å². The lowest BCUT2D eigenvalue weighted by Crippen LogP contribution is -2.28. The number of hydrogen-bond acceptors (Lipinski definition) is 13. The third-order valence-electron chi connectivity index (χ3n) is 11.0. The summed E-state index contributed by atoms with van der Waals surface area (Å²) in [4.78, 5) is 54.5. The number of rotatable bonds is 11. The van der Waals surface area contributed by atoms with Gasteiger partial charge in [0, 0.05) is 60.0 Å². The van der Waals surface area contributed by atoms with E-state index in [4.69, 9.17) is 33.7 Å². The summed E-state index contributed by atoms with van der Waals surface area (Å²) in [6.45, 7) is 13.2. The van der Waals surface area contributed by atoms with E-state index in [0.717, 1.165) is 27.9 Å². The molecule has 0 unspecified atom stereocenters. The minimum atomic E-state index is -0.647. The molecular formula is C52H50Cl2F2N14O4. The molecule has 0 aliphatic carbocycles. The Morgan fingerprint density at radius 3 is 1.57 bits per heavy atom. The van der Waals surface area contributed by atoms with Crippen molar-refractivity contribution in [2.24, 2.45) is 0 Å². The average molecular weight is 1040 g/mol. The minimum Gasteiger partial charge on any atom is -0.444 e. The predicted octanol–water partition coefficient (Wildman–Crippen LogP) is 9.74. The lowest BCUT2D eigenvalue weighted by molar-refractivity contribution is 0.0634. The van der Waals surface area contributed by atoms with Crippen LogP contribution in [0, 0.1) is 62.0 Å². The number of benzene rings is 2. The van der Waals surface area contributed by atoms with Crippen molar-refractivity contribution in [3.05, 3.63) is 162 Å². The number of carbonyl (C=O) groups excluding carboxylic acids is 3. The smallest absolute Gasteiger partial charge is 0.413 e. The van der Waals surface area contributed by atoms with Gasteiger partial charge in [-0.1, -0.05) is 30.6 Å². The van der Waals surface area contributed by atoms with E-state index in [2.05, 4.69) is 46.1 Å². The number of aromatic nitrogens is 8. The monoisotopic (exact) mass is 1040 g/mol. The van der Waals surface area contributed by atoms with E-state index in [-0.39, 0.29) is 67.2 Å². The quantitative estimate of drug-likeness (QED) is 0.0942. The molecule has 0 radical (unpaired) electrons. The second kappa shape index (κ2) is 22.9. The first kappa shape index (κ1) is 54.7. The number of nitriles is 2. The number of amides is 3. The van der Waals surface area contributed by atoms with Crippen molar-refractivity contribution in [1.29, 1.82) is 10.5 Å². The number of nitrogens with one attached hydrogen (secondary N) is 3. The molecule has 2 aromatic carbocycles. The summed E-state index contributed by atoms with van der Waals surface area (Å²) in [6, 6.07) is 16.7. The van der Waals surface area contributed by atoms with Gasteiger partial charge in [0.2, 0.25) is 0 Å². The first-order valence-electron chi connectivity index (χ1n) is 22.3. The number of pyridine rings is 4. The molecule has 74 heavy (non-hydrogen) atoms. The van der Waals surface area contributed by atoms with Gasteiger partial charge in [0.1, 0.15) is 52.0 Å². The number of nitrogen functional groups attached to an aromatic ring is 1. The van der Waals surface area contributed by atoms with Crippen LogP contribution in [0.25, 0.3) is 21.8 Å². The summed E-state index contributed by atoms with van der Waals surface area (Å²) in [5.41, 5.74) is 11.4. The highest BCUT2D eigenvalue weighted by molar-refractivity contribution is 6.31. The lowest BCUT2D eigenvalue weighted by atomic mass is 10.1. The van der Waals surface area contributed by atoms with Gasteiger partial charge in [-0.05, 0) is 130 Å². The molecule has 18 nitrogen and oxygen atoms in total. The lowest BCUT2D eigenvalue weighted by Gasteiger charge is -2.20. The Kier molecular flexibility index (Phi) is 16.9. The summed E-state index contributed by atoms with van der Waals surface area (Å²) >= 11 is 12.0. The third kappa shape index (κ3) is 13.3. The van der Waals surface area contributed by atoms with Crippen LogP contribution >= 0.6 is 23.2 Å². The number of ether oxygens (including phenoxy) is 1. The van der Waals surface area contributed by atoms with Gasteiger partial charge >= 0.3 is 6.09 Å². The molecule has 8 rings (SSSR count). The van der Waals surface area contributed by atoms with Crippen LogP contribution in [0.5, 0.6) is 0 Å². The molecule has 5 N–H and O–H groups in total. The topological polar surface area (TPSA) is 257 Å². The maximum absolute atomic E-state index is 14.6. The molecule has 0 saturated heterocycles. The Balaban J connectivity index is 0.000000242. The van der Waals surface area contributed by atoms with Crippen molar-refractivity contribution in [3.63, 3.8) is 0 Å². The van der Waals surface area contributed by atoms with E-state index in [0.29, 0.717) is 49.3 Å². The van der Waals surface area contributed by atoms with Crippen molar-refractivity contribution in [1.82, 2.24) is 50.1 Å². The molecule has 3 amide bonds. The van der Waals surface area contributed by atoms with Crippen LogP contribution < -0.4 is 21.7 Å². The highest BCUT2D eigenvalue weighted by Gasteiger charge is 2.21. The normalized spacial score (nSPS) is 10.9. The second-order valence-corrected chi connectivity index (χ2v) is 18.7. The fourth-order valence-electron chi connectivity index (χ4n) is 7.81. The van der Waals surface area contributed by atoms with Gasteiger partial charge in [-0.3, -0.25) is 34.2 Å². The van der Waals surface area contributed by atoms with Crippen molar-refractivity contribution in [2.75, 3.05) is 11.1 Å². The van der Waals surface area contributed by atoms with Gasteiger partial charge in [0.25, 0.3) is 11.8 Å². The fraction of sp³-hybridized carbons (Fsp3) is 0.250. The summed E-state index contributed by atoms with van der Waals surface area (Å²) < 4.78 is 37.1. The Morgan fingerprint density at radius 2 is 1.15 bits per heavy atom. The third-order valence-corrected chi connectivity index (χ3v) is 11.5. The Hall–Kier alpha value is -8.59. The molecule has 6 aromatic heterocycles. The van der Waals surface area contributed by atoms with E-state index in [1.54, 1.807) is 64.1 Å². The molecule has 0 spiro atoms. The van der Waals surface area contributed by atoms with Gasteiger partial charge in [-0.15, -0.1) is 0 Å². The number of halogens is 4. The first-order valence-corrected chi connectivity index (χ1v) is 23.0. The molecule has 0 atom stereocenters. The molecule has 0 aliphatic heterocycles. The van der Waals surface area contributed by atoms with Crippen molar-refractivity contribution < 1.29 is 27.9 Å². The van der Waals surface area contributed by atoms with Crippen LogP contribution in [0.4, 0.5) is 25.2 Å². The summed E-state index contributed by atoms with van der Waals surface area (Å²) in [5.74, 6) is -1.21. The number of fused-ring (bicyclic) bond motifs is 2. The standard InChI is InChI=1S/C28H27ClFN7O3.C23H19ClFN7O.CH4/c1-15-6-24(35-27(39)40-28(3,4)5)34-16(2)20(15)12-33-26(38)21-14-37(36-23(21)10-31)13-17-7-18-9-19(29)11-32-25(18)22(30)8-17;1-12-3-21(27)30-13(2)17(12)9-29-23(33)18-11-32(31-20(18)7-26)10-14-4-15-6-16(24)8-28-22(15)19(25)5-14;/h6-9,11,14H,12-13H2,1-5H3,(H,33,38)(H,34,35,39);3-6,8,11H,9-10H2,1-2H3,(H2,27,30)(H,29,33);1H4. The first-order chi connectivity index (χ1) is 34.6. The minimum absolute atomic E-state index is 0. The highest BCUT2D eigenvalue weighted by Crippen LogP contribution is 2.25. The maximum atomic E-state index is 14.6. The van der Waals surface area contributed by atoms with Crippen molar-refractivity contribution >= 4 is 74.6 Å². The molecular weight excluding hydrogens is 994 g/mol. The highest BCUT2D eigenvalue weighted by atomic mass is 35.5. The second-order valence-electron chi connectivity index (χ2n) is 17.8. The van der Waals surface area contributed by atoms with E-state index in [1.807, 2.05) is 32.9 Å². The molecule has 6 heterocycles. The number of nitrogens with zero attached hydrogens (tertiary/aromatic N) is 10. The molecule has 0 aliphatic rings. The predicted molar refractivity (Wildman–Crippen MR) is 276 cm³/mol. The van der Waals surface area contributed by atoms with Gasteiger partial charge in [-0.2, -0.15) is 20.7 Å². The number of hydrogen-bond donors (Lipinski definition) is 4. The van der Waals surface area contributed by atoms with E-state index >= 15 is 0 Å². The molecule has 8 aromatic rings. The molecule has 0 fully saturated rings. The Morgan fingerprint density at radius 1 is 0.703 bits per heavy atom. The van der Waals surface area contributed by atoms with Crippen LogP contribution in [0.3, 0.4) is 0 Å². The van der Waals surface area contributed by atoms with E-state index in [1.165, 1.54) is 46.3 Å².